The van der Waals surface area contributed by atoms with Crippen molar-refractivity contribution in [3.05, 3.63) is 23.9 Å². The lowest BCUT2D eigenvalue weighted by Crippen LogP contribution is -2.79. The van der Waals surface area contributed by atoms with E-state index in [1.54, 1.807) is 0 Å². The number of nitrogens with one attached hydrogen (secondary N) is 1. The molecule has 3 saturated heterocycles. The van der Waals surface area contributed by atoms with E-state index in [0.29, 0.717) is 11.7 Å². The number of carbonyl (C=O) groups is 1. The quantitative estimate of drug-likeness (QED) is 0.881. The Morgan fingerprint density at radius 3 is 2.82 bits per heavy atom. The second-order valence-corrected chi connectivity index (χ2v) is 8.60. The Balaban J connectivity index is 1.24. The molecule has 7 heteroatoms. The monoisotopic (exact) mass is 382 g/mol. The van der Waals surface area contributed by atoms with Crippen molar-refractivity contribution in [3.8, 4) is 5.75 Å². The van der Waals surface area contributed by atoms with Gasteiger partial charge < -0.3 is 14.4 Å². The number of ether oxygens (including phenoxy) is 2. The van der Waals surface area contributed by atoms with Crippen LogP contribution in [0, 0.1) is 0 Å². The van der Waals surface area contributed by atoms with Gasteiger partial charge in [-0.3, -0.25) is 14.8 Å². The highest BCUT2D eigenvalue weighted by molar-refractivity contribution is 6.05. The standard InChI is InChI=1S/C21H26N4O3/c26-20(25-10-9-24-8-7-21(24)6-3-18(21)25)19-16-2-1-15(13-17(16)22-23-19)28-14-4-11-27-12-5-14/h1-2,13-14,18H,3-12H2,(H,22,23). The van der Waals surface area contributed by atoms with Crippen LogP contribution in [0.5, 0.6) is 5.75 Å². The summed E-state index contributed by atoms with van der Waals surface area (Å²) < 4.78 is 11.5. The second-order valence-electron chi connectivity index (χ2n) is 8.60. The predicted molar refractivity (Wildman–Crippen MR) is 104 cm³/mol. The molecular formula is C21H26N4O3. The summed E-state index contributed by atoms with van der Waals surface area (Å²) in [6.45, 7) is 4.51. The molecule has 0 radical (unpaired) electrons. The van der Waals surface area contributed by atoms with Gasteiger partial charge >= 0.3 is 0 Å². The maximum absolute atomic E-state index is 13.3. The number of piperazine rings is 1. The van der Waals surface area contributed by atoms with Gasteiger partial charge in [-0.2, -0.15) is 5.10 Å². The van der Waals surface area contributed by atoms with Crippen LogP contribution in [0.2, 0.25) is 0 Å². The van der Waals surface area contributed by atoms with Crippen molar-refractivity contribution in [2.75, 3.05) is 32.8 Å². The minimum atomic E-state index is 0.0694. The smallest absolute Gasteiger partial charge is 0.275 e. The van der Waals surface area contributed by atoms with E-state index in [9.17, 15) is 4.79 Å². The highest BCUT2D eigenvalue weighted by atomic mass is 16.5. The number of amides is 1. The Labute approximate surface area is 164 Å². The Bertz CT molecular complexity index is 918. The van der Waals surface area contributed by atoms with Crippen molar-refractivity contribution >= 4 is 16.8 Å². The van der Waals surface area contributed by atoms with Crippen LogP contribution < -0.4 is 4.74 Å². The normalized spacial score (nSPS) is 30.3. The molecule has 6 rings (SSSR count). The predicted octanol–water partition coefficient (Wildman–Crippen LogP) is 2.18. The average Bonchev–Trinajstić information content (AvgIpc) is 3.08. The average molecular weight is 382 g/mol. The van der Waals surface area contributed by atoms with E-state index in [-0.39, 0.29) is 17.6 Å². The van der Waals surface area contributed by atoms with Crippen molar-refractivity contribution < 1.29 is 14.3 Å². The van der Waals surface area contributed by atoms with Gasteiger partial charge in [0.1, 0.15) is 11.9 Å². The molecule has 28 heavy (non-hydrogen) atoms. The summed E-state index contributed by atoms with van der Waals surface area (Å²) in [5.41, 5.74) is 1.69. The van der Waals surface area contributed by atoms with E-state index in [4.69, 9.17) is 9.47 Å². The summed E-state index contributed by atoms with van der Waals surface area (Å²) >= 11 is 0. The van der Waals surface area contributed by atoms with Crippen molar-refractivity contribution in [1.29, 1.82) is 0 Å². The Kier molecular flexibility index (Phi) is 3.71. The third-order valence-corrected chi connectivity index (χ3v) is 7.37. The molecule has 2 unspecified atom stereocenters. The molecule has 1 saturated carbocycles. The lowest BCUT2D eigenvalue weighted by Gasteiger charge is -2.68. The molecule has 7 nitrogen and oxygen atoms in total. The topological polar surface area (TPSA) is 70.7 Å². The zero-order valence-corrected chi connectivity index (χ0v) is 16.0. The van der Waals surface area contributed by atoms with Crippen molar-refractivity contribution in [1.82, 2.24) is 20.0 Å². The molecule has 1 aliphatic carbocycles. The number of hydrogen-bond donors (Lipinski definition) is 1. The van der Waals surface area contributed by atoms with Gasteiger partial charge in [-0.25, -0.2) is 0 Å². The maximum Gasteiger partial charge on any atom is 0.275 e. The molecule has 3 aliphatic heterocycles. The van der Waals surface area contributed by atoms with E-state index in [1.807, 2.05) is 18.2 Å². The number of rotatable bonds is 3. The molecule has 1 amide bonds. The molecule has 1 spiro atoms. The number of aromatic nitrogens is 2. The molecule has 4 fully saturated rings. The fourth-order valence-electron chi connectivity index (χ4n) is 5.59. The fourth-order valence-corrected chi connectivity index (χ4v) is 5.59. The Morgan fingerprint density at radius 1 is 1.18 bits per heavy atom. The third-order valence-electron chi connectivity index (χ3n) is 7.37. The van der Waals surface area contributed by atoms with Crippen LogP contribution in [0.25, 0.3) is 10.9 Å². The molecular weight excluding hydrogens is 356 g/mol. The first kappa shape index (κ1) is 16.8. The van der Waals surface area contributed by atoms with Gasteiger partial charge in [0.2, 0.25) is 0 Å². The van der Waals surface area contributed by atoms with Crippen molar-refractivity contribution in [2.24, 2.45) is 0 Å². The second kappa shape index (κ2) is 6.19. The minimum absolute atomic E-state index is 0.0694. The van der Waals surface area contributed by atoms with Gasteiger partial charge in [0.15, 0.2) is 5.69 Å². The van der Waals surface area contributed by atoms with Crippen LogP contribution in [0.1, 0.15) is 42.6 Å². The summed E-state index contributed by atoms with van der Waals surface area (Å²) in [5.74, 6) is 0.892. The van der Waals surface area contributed by atoms with Gasteiger partial charge in [0.25, 0.3) is 5.91 Å². The largest absolute Gasteiger partial charge is 0.490 e. The van der Waals surface area contributed by atoms with Gasteiger partial charge in [-0.1, -0.05) is 0 Å². The number of fused-ring (bicyclic) bond motifs is 1. The maximum atomic E-state index is 13.3. The molecule has 2 aromatic rings. The first-order valence-corrected chi connectivity index (χ1v) is 10.5. The summed E-state index contributed by atoms with van der Waals surface area (Å²) in [6.07, 6.45) is 5.61. The minimum Gasteiger partial charge on any atom is -0.490 e. The summed E-state index contributed by atoms with van der Waals surface area (Å²) in [7, 11) is 0. The first-order valence-electron chi connectivity index (χ1n) is 10.5. The van der Waals surface area contributed by atoms with Gasteiger partial charge in [0, 0.05) is 49.5 Å². The fraction of sp³-hybridized carbons (Fsp3) is 0.619. The number of benzene rings is 1. The number of aromatic amines is 1. The van der Waals surface area contributed by atoms with Crippen molar-refractivity contribution in [2.45, 2.75) is 49.8 Å². The number of H-pyrrole nitrogens is 1. The zero-order chi connectivity index (χ0) is 18.7. The number of hydrogen-bond acceptors (Lipinski definition) is 5. The Morgan fingerprint density at radius 2 is 2.07 bits per heavy atom. The summed E-state index contributed by atoms with van der Waals surface area (Å²) in [6, 6.07) is 6.25. The van der Waals surface area contributed by atoms with Crippen LogP contribution in [-0.2, 0) is 4.74 Å². The highest BCUT2D eigenvalue weighted by Gasteiger charge is 2.61. The number of nitrogens with zero attached hydrogens (tertiary/aromatic N) is 3. The summed E-state index contributed by atoms with van der Waals surface area (Å²) in [4.78, 5) is 18.0. The van der Waals surface area contributed by atoms with E-state index in [2.05, 4.69) is 20.0 Å². The molecule has 1 N–H and O–H groups in total. The van der Waals surface area contributed by atoms with E-state index in [0.717, 1.165) is 62.2 Å². The first-order chi connectivity index (χ1) is 13.7. The highest BCUT2D eigenvalue weighted by Crippen LogP contribution is 2.51. The molecule has 4 heterocycles. The van der Waals surface area contributed by atoms with Gasteiger partial charge in [0.05, 0.1) is 24.8 Å². The lowest BCUT2D eigenvalue weighted by atomic mass is 9.61. The van der Waals surface area contributed by atoms with Crippen LogP contribution >= 0.6 is 0 Å². The molecule has 0 bridgehead atoms. The zero-order valence-electron chi connectivity index (χ0n) is 16.0. The lowest BCUT2D eigenvalue weighted by molar-refractivity contribution is -0.161. The third kappa shape index (κ3) is 2.35. The van der Waals surface area contributed by atoms with E-state index in [1.165, 1.54) is 19.4 Å². The van der Waals surface area contributed by atoms with Crippen LogP contribution in [0.15, 0.2) is 18.2 Å². The molecule has 1 aromatic heterocycles. The Hall–Kier alpha value is -2.12. The molecule has 4 aliphatic rings. The van der Waals surface area contributed by atoms with Crippen LogP contribution in [0.4, 0.5) is 0 Å². The van der Waals surface area contributed by atoms with Crippen LogP contribution in [-0.4, -0.2) is 76.4 Å². The van der Waals surface area contributed by atoms with E-state index < -0.39 is 0 Å². The van der Waals surface area contributed by atoms with E-state index >= 15 is 0 Å². The SMILES string of the molecule is O=C(c1n[nH]c2cc(OC3CCOCC3)ccc12)N1CCN2CCC23CCC13. The molecule has 148 valence electrons. The van der Waals surface area contributed by atoms with Crippen molar-refractivity contribution in [3.63, 3.8) is 0 Å². The molecule has 1 aromatic carbocycles. The van der Waals surface area contributed by atoms with Gasteiger partial charge in [-0.05, 0) is 31.4 Å². The van der Waals surface area contributed by atoms with Gasteiger partial charge in [-0.15, -0.1) is 0 Å². The summed E-state index contributed by atoms with van der Waals surface area (Å²) in [5, 5.41) is 8.33. The number of carbonyl (C=O) groups excluding carboxylic acids is 1. The molecule has 2 atom stereocenters. The van der Waals surface area contributed by atoms with Crippen LogP contribution in [0.3, 0.4) is 0 Å².